The molecular formula is C13H17N3O3S2. The van der Waals surface area contributed by atoms with Crippen molar-refractivity contribution in [1.82, 2.24) is 10.2 Å². The van der Waals surface area contributed by atoms with Crippen LogP contribution in [0.15, 0.2) is 21.9 Å². The van der Waals surface area contributed by atoms with E-state index in [1.807, 2.05) is 17.5 Å². The predicted molar refractivity (Wildman–Crippen MR) is 83.0 cm³/mol. The number of carbonyl (C=O) groups is 1. The second-order valence-corrected chi connectivity index (χ2v) is 6.23. The van der Waals surface area contributed by atoms with Crippen LogP contribution in [0.1, 0.15) is 19.2 Å². The number of carbonyl (C=O) groups excluding carboxylic acids is 1. The van der Waals surface area contributed by atoms with Gasteiger partial charge in [-0.1, -0.05) is 6.07 Å². The molecule has 0 spiro atoms. The Morgan fingerprint density at radius 1 is 1.57 bits per heavy atom. The number of thioether (sulfide) groups is 1. The molecule has 2 aromatic heterocycles. The third-order valence-electron chi connectivity index (χ3n) is 2.59. The maximum atomic E-state index is 11.3. The van der Waals surface area contributed by atoms with E-state index in [9.17, 15) is 4.79 Å². The SMILES string of the molecule is CCOC(=O)C(N)CCSCc1nnc(-c2cccs2)o1. The summed E-state index contributed by atoms with van der Waals surface area (Å²) in [5.41, 5.74) is 5.71. The van der Waals surface area contributed by atoms with Crippen LogP contribution < -0.4 is 5.73 Å². The summed E-state index contributed by atoms with van der Waals surface area (Å²) < 4.78 is 10.4. The van der Waals surface area contributed by atoms with Crippen molar-refractivity contribution in [3.63, 3.8) is 0 Å². The molecule has 2 rings (SSSR count). The maximum absolute atomic E-state index is 11.3. The molecule has 0 bridgehead atoms. The Morgan fingerprint density at radius 3 is 3.14 bits per heavy atom. The zero-order chi connectivity index (χ0) is 15.1. The average molecular weight is 327 g/mol. The van der Waals surface area contributed by atoms with E-state index in [1.54, 1.807) is 30.0 Å². The standard InChI is InChI=1S/C13H17N3O3S2/c1-2-18-13(17)9(14)5-7-20-8-11-15-16-12(19-11)10-4-3-6-21-10/h3-4,6,9H,2,5,7-8,14H2,1H3. The maximum Gasteiger partial charge on any atom is 0.322 e. The minimum Gasteiger partial charge on any atom is -0.465 e. The van der Waals surface area contributed by atoms with Gasteiger partial charge in [-0.25, -0.2) is 0 Å². The molecule has 2 N–H and O–H groups in total. The van der Waals surface area contributed by atoms with Crippen LogP contribution in [0.2, 0.25) is 0 Å². The van der Waals surface area contributed by atoms with Crippen LogP contribution in [0, 0.1) is 0 Å². The molecule has 6 nitrogen and oxygen atoms in total. The number of thiophene rings is 1. The Bertz CT molecular complexity index is 557. The number of esters is 1. The molecule has 0 radical (unpaired) electrons. The molecule has 0 aliphatic carbocycles. The topological polar surface area (TPSA) is 91.2 Å². The van der Waals surface area contributed by atoms with Crippen molar-refractivity contribution < 1.29 is 13.9 Å². The lowest BCUT2D eigenvalue weighted by molar-refractivity contribution is -0.144. The summed E-state index contributed by atoms with van der Waals surface area (Å²) in [5, 5.41) is 9.97. The molecule has 0 saturated carbocycles. The predicted octanol–water partition coefficient (Wildman–Crippen LogP) is 2.31. The van der Waals surface area contributed by atoms with Crippen LogP contribution in [-0.2, 0) is 15.3 Å². The third-order valence-corrected chi connectivity index (χ3v) is 4.42. The summed E-state index contributed by atoms with van der Waals surface area (Å²) in [6, 6.07) is 3.31. The van der Waals surface area contributed by atoms with Gasteiger partial charge in [0.05, 0.1) is 17.2 Å². The number of aromatic nitrogens is 2. The first-order valence-corrected chi connectivity index (χ1v) is 8.60. The Balaban J connectivity index is 1.71. The molecule has 0 fully saturated rings. The fraction of sp³-hybridized carbons (Fsp3) is 0.462. The molecule has 1 atom stereocenters. The van der Waals surface area contributed by atoms with Crippen molar-refractivity contribution in [3.8, 4) is 10.8 Å². The largest absolute Gasteiger partial charge is 0.465 e. The van der Waals surface area contributed by atoms with Crippen LogP contribution >= 0.6 is 23.1 Å². The van der Waals surface area contributed by atoms with Gasteiger partial charge in [0.1, 0.15) is 6.04 Å². The minimum absolute atomic E-state index is 0.351. The number of ether oxygens (including phenoxy) is 1. The zero-order valence-corrected chi connectivity index (χ0v) is 13.3. The van der Waals surface area contributed by atoms with Gasteiger partial charge >= 0.3 is 5.97 Å². The monoisotopic (exact) mass is 327 g/mol. The lowest BCUT2D eigenvalue weighted by Gasteiger charge is -2.09. The van der Waals surface area contributed by atoms with E-state index in [0.29, 0.717) is 30.6 Å². The molecule has 0 saturated heterocycles. The van der Waals surface area contributed by atoms with Crippen molar-refractivity contribution in [1.29, 1.82) is 0 Å². The molecule has 2 aromatic rings. The summed E-state index contributed by atoms with van der Waals surface area (Å²) in [6.45, 7) is 2.12. The van der Waals surface area contributed by atoms with Gasteiger partial charge in [-0.2, -0.15) is 11.8 Å². The first kappa shape index (κ1) is 16.0. The van der Waals surface area contributed by atoms with E-state index in [4.69, 9.17) is 14.9 Å². The molecule has 21 heavy (non-hydrogen) atoms. The van der Waals surface area contributed by atoms with Crippen LogP contribution in [0.25, 0.3) is 10.8 Å². The van der Waals surface area contributed by atoms with E-state index in [1.165, 1.54) is 0 Å². The highest BCUT2D eigenvalue weighted by molar-refractivity contribution is 7.98. The van der Waals surface area contributed by atoms with E-state index in [0.717, 1.165) is 10.6 Å². The van der Waals surface area contributed by atoms with E-state index in [2.05, 4.69) is 10.2 Å². The van der Waals surface area contributed by atoms with Crippen LogP contribution in [-0.4, -0.2) is 34.6 Å². The van der Waals surface area contributed by atoms with E-state index >= 15 is 0 Å². The van der Waals surface area contributed by atoms with Gasteiger partial charge in [0.15, 0.2) is 0 Å². The highest BCUT2D eigenvalue weighted by Crippen LogP contribution is 2.24. The Kier molecular flexibility index (Phi) is 6.21. The van der Waals surface area contributed by atoms with Crippen LogP contribution in [0.4, 0.5) is 0 Å². The van der Waals surface area contributed by atoms with Gasteiger partial charge < -0.3 is 14.9 Å². The molecule has 0 aliphatic heterocycles. The molecule has 1 unspecified atom stereocenters. The Hall–Kier alpha value is -1.38. The summed E-state index contributed by atoms with van der Waals surface area (Å²) in [5.74, 6) is 2.11. The second kappa shape index (κ2) is 8.16. The van der Waals surface area contributed by atoms with Gasteiger partial charge in [0.25, 0.3) is 5.89 Å². The lowest BCUT2D eigenvalue weighted by atomic mass is 10.2. The van der Waals surface area contributed by atoms with Crippen molar-refractivity contribution >= 4 is 29.1 Å². The number of nitrogens with two attached hydrogens (primary N) is 1. The van der Waals surface area contributed by atoms with Crippen LogP contribution in [0.5, 0.6) is 0 Å². The molecular weight excluding hydrogens is 310 g/mol. The molecule has 8 heteroatoms. The summed E-state index contributed by atoms with van der Waals surface area (Å²) in [6.07, 6.45) is 0.565. The zero-order valence-electron chi connectivity index (χ0n) is 11.7. The minimum atomic E-state index is -0.568. The van der Waals surface area contributed by atoms with Crippen molar-refractivity contribution in [2.45, 2.75) is 25.1 Å². The van der Waals surface area contributed by atoms with Gasteiger partial charge in [0, 0.05) is 0 Å². The van der Waals surface area contributed by atoms with Gasteiger partial charge in [-0.05, 0) is 30.5 Å². The van der Waals surface area contributed by atoms with Gasteiger partial charge in [-0.3, -0.25) is 4.79 Å². The van der Waals surface area contributed by atoms with Crippen molar-refractivity contribution in [2.24, 2.45) is 5.73 Å². The Morgan fingerprint density at radius 2 is 2.43 bits per heavy atom. The number of hydrogen-bond donors (Lipinski definition) is 1. The smallest absolute Gasteiger partial charge is 0.322 e. The first-order valence-electron chi connectivity index (χ1n) is 6.57. The summed E-state index contributed by atoms with van der Waals surface area (Å²) in [7, 11) is 0. The lowest BCUT2D eigenvalue weighted by Crippen LogP contribution is -2.32. The van der Waals surface area contributed by atoms with Gasteiger partial charge in [0.2, 0.25) is 5.89 Å². The molecule has 0 aromatic carbocycles. The molecule has 0 aliphatic rings. The van der Waals surface area contributed by atoms with E-state index in [-0.39, 0.29) is 5.97 Å². The molecule has 0 amide bonds. The summed E-state index contributed by atoms with van der Waals surface area (Å²) >= 11 is 3.16. The fourth-order valence-corrected chi connectivity index (χ4v) is 3.05. The van der Waals surface area contributed by atoms with Crippen LogP contribution in [0.3, 0.4) is 0 Å². The van der Waals surface area contributed by atoms with Crippen molar-refractivity contribution in [3.05, 3.63) is 23.4 Å². The highest BCUT2D eigenvalue weighted by Gasteiger charge is 2.14. The first-order chi connectivity index (χ1) is 10.2. The number of hydrogen-bond acceptors (Lipinski definition) is 8. The average Bonchev–Trinajstić information content (AvgIpc) is 3.14. The third kappa shape index (κ3) is 4.83. The number of rotatable bonds is 8. The molecule has 114 valence electrons. The quantitative estimate of drug-likeness (QED) is 0.587. The second-order valence-electron chi connectivity index (χ2n) is 4.18. The number of nitrogens with zero attached hydrogens (tertiary/aromatic N) is 2. The van der Waals surface area contributed by atoms with E-state index < -0.39 is 6.04 Å². The molecule has 2 heterocycles. The summed E-state index contributed by atoms with van der Waals surface area (Å²) in [4.78, 5) is 12.3. The highest BCUT2D eigenvalue weighted by atomic mass is 32.2. The fourth-order valence-electron chi connectivity index (χ4n) is 1.55. The van der Waals surface area contributed by atoms with Gasteiger partial charge in [-0.15, -0.1) is 21.5 Å². The Labute approximate surface area is 131 Å². The van der Waals surface area contributed by atoms with Crippen molar-refractivity contribution in [2.75, 3.05) is 12.4 Å². The normalized spacial score (nSPS) is 12.3.